The molecule has 2 aliphatic rings. The first-order valence-corrected chi connectivity index (χ1v) is 37.2. The summed E-state index contributed by atoms with van der Waals surface area (Å²) in [6.07, 6.45) is 5.44. The molecule has 2 aliphatic heterocycles. The molecule has 0 radical (unpaired) electrons. The number of aromatic nitrogens is 4. The summed E-state index contributed by atoms with van der Waals surface area (Å²) >= 11 is 10.6. The van der Waals surface area contributed by atoms with Gasteiger partial charge in [0, 0.05) is 138 Å². The van der Waals surface area contributed by atoms with Crippen molar-refractivity contribution in [1.82, 2.24) is 59.6 Å². The van der Waals surface area contributed by atoms with Gasteiger partial charge < -0.3 is 49.2 Å². The van der Waals surface area contributed by atoms with Gasteiger partial charge in [0.1, 0.15) is 42.8 Å². The zero-order valence-electron chi connectivity index (χ0n) is 54.5. The van der Waals surface area contributed by atoms with Gasteiger partial charge in [0.2, 0.25) is 16.4 Å². The van der Waals surface area contributed by atoms with Gasteiger partial charge in [0.25, 0.3) is 20.2 Å². The molecule has 7 rings (SSSR count). The predicted molar refractivity (Wildman–Crippen MR) is 361 cm³/mol. The Hall–Kier alpha value is -7.08. The number of hydrogen-bond donors (Lipinski definition) is 6. The number of carbonyl (C=O) groups is 5. The lowest BCUT2D eigenvalue weighted by Crippen LogP contribution is -2.53. The lowest BCUT2D eigenvalue weighted by molar-refractivity contribution is -0.141. The van der Waals surface area contributed by atoms with Crippen LogP contribution in [0, 0.1) is 0 Å². The molecule has 0 spiro atoms. The third-order valence-electron chi connectivity index (χ3n) is 15.8. The Kier molecular flexibility index (Phi) is 30.5. The number of pyridine rings is 1. The number of ether oxygens (including phenoxy) is 5. The molecule has 2 amide bonds. The molecule has 4 heterocycles. The maximum atomic E-state index is 13.6. The summed E-state index contributed by atoms with van der Waals surface area (Å²) in [7, 11) is -12.7. The molecule has 0 saturated carbocycles. The molecule has 3 aromatic carbocycles. The number of sulfone groups is 1. The molecule has 2 saturated heterocycles. The SMILES string of the molecule is CN(CC(=O)NCC(S(=O)(=O)O)S(=O)(=O)O)Cc1cc(Cl)c(OCc2cccc(-c3cccc(OCc4cn(CCOCCOCCN5CCN(C(=O)CN6CCN(CC(=O)O)CCN(CC(=O)O)CCN(CC(=O)O)CC6)CC5)nn4)c3)c2Br)cc1OCc1cncc(S(C)(=O)=O)c1. The summed E-state index contributed by atoms with van der Waals surface area (Å²) in [5.41, 5.74) is 3.78. The van der Waals surface area contributed by atoms with E-state index in [-0.39, 0.29) is 93.0 Å². The number of piperazine rings is 1. The number of amides is 2. The van der Waals surface area contributed by atoms with Crippen molar-refractivity contribution >= 4 is 87.3 Å². The van der Waals surface area contributed by atoms with Crippen molar-refractivity contribution in [1.29, 1.82) is 0 Å². The highest BCUT2D eigenvalue weighted by Gasteiger charge is 2.36. The third kappa shape index (κ3) is 27.1. The average Bonchev–Trinajstić information content (AvgIpc) is 1.18. The molecule has 0 atom stereocenters. The lowest BCUT2D eigenvalue weighted by Gasteiger charge is -2.36. The monoisotopic (exact) mass is 1530 g/mol. The highest BCUT2D eigenvalue weighted by molar-refractivity contribution is 9.10. The van der Waals surface area contributed by atoms with E-state index in [4.69, 9.17) is 35.3 Å². The van der Waals surface area contributed by atoms with Crippen LogP contribution in [0.4, 0.5) is 0 Å². The zero-order chi connectivity index (χ0) is 71.9. The molecule has 6 N–H and O–H groups in total. The quantitative estimate of drug-likeness (QED) is 0.0242. The second-order valence-corrected chi connectivity index (χ2v) is 30.2. The number of hydrogen-bond acceptors (Lipinski definition) is 25. The van der Waals surface area contributed by atoms with E-state index in [2.05, 4.69) is 41.4 Å². The molecule has 0 unspecified atom stereocenters. The van der Waals surface area contributed by atoms with Crippen LogP contribution in [0.25, 0.3) is 11.1 Å². The van der Waals surface area contributed by atoms with Crippen molar-refractivity contribution in [3.05, 3.63) is 111 Å². The Morgan fingerprint density at radius 2 is 1.21 bits per heavy atom. The van der Waals surface area contributed by atoms with Gasteiger partial charge in [-0.15, -0.1) is 5.10 Å². The highest BCUT2D eigenvalue weighted by atomic mass is 79.9. The van der Waals surface area contributed by atoms with Crippen LogP contribution in [0.1, 0.15) is 22.4 Å². The molecular weight excluding hydrogens is 1450 g/mol. The van der Waals surface area contributed by atoms with E-state index >= 15 is 0 Å². The number of benzene rings is 3. The number of carbonyl (C=O) groups excluding carboxylic acids is 2. The number of halogens is 2. The Morgan fingerprint density at radius 1 is 0.646 bits per heavy atom. The van der Waals surface area contributed by atoms with E-state index in [0.29, 0.717) is 132 Å². The van der Waals surface area contributed by atoms with Gasteiger partial charge in [-0.3, -0.25) is 67.5 Å². The Balaban J connectivity index is 0.832. The first kappa shape index (κ1) is 79.2. The van der Waals surface area contributed by atoms with E-state index in [1.165, 1.54) is 42.5 Å². The summed E-state index contributed by atoms with van der Waals surface area (Å²) in [5, 5.41) is 39.2. The number of nitrogens with zero attached hydrogens (tertiary/aromatic N) is 11. The summed E-state index contributed by atoms with van der Waals surface area (Å²) in [5.74, 6) is -3.03. The molecule has 5 aromatic rings. The molecule has 2 aromatic heterocycles. The minimum absolute atomic E-state index is 0.00852. The Morgan fingerprint density at radius 3 is 1.80 bits per heavy atom. The first-order chi connectivity index (χ1) is 46.9. The predicted octanol–water partition coefficient (Wildman–Crippen LogP) is 1.20. The molecular formula is C61H82BrClN12O21S3. The zero-order valence-corrected chi connectivity index (χ0v) is 59.3. The van der Waals surface area contributed by atoms with E-state index < -0.39 is 71.6 Å². The van der Waals surface area contributed by atoms with Crippen LogP contribution in [0.15, 0.2) is 88.6 Å². The van der Waals surface area contributed by atoms with Gasteiger partial charge in [0.05, 0.1) is 88.4 Å². The van der Waals surface area contributed by atoms with Crippen molar-refractivity contribution in [2.75, 3.05) is 164 Å². The van der Waals surface area contributed by atoms with Gasteiger partial charge >= 0.3 is 17.9 Å². The van der Waals surface area contributed by atoms with Crippen LogP contribution in [-0.4, -0.2) is 302 Å². The van der Waals surface area contributed by atoms with Crippen molar-refractivity contribution in [3.63, 3.8) is 0 Å². The molecule has 2 fully saturated rings. The van der Waals surface area contributed by atoms with Crippen LogP contribution in [0.5, 0.6) is 17.2 Å². The maximum absolute atomic E-state index is 13.6. The lowest BCUT2D eigenvalue weighted by atomic mass is 10.0. The highest BCUT2D eigenvalue weighted by Crippen LogP contribution is 2.37. The molecule has 38 heteroatoms. The van der Waals surface area contributed by atoms with E-state index in [0.717, 1.165) is 22.9 Å². The van der Waals surface area contributed by atoms with Gasteiger partial charge in [-0.05, 0) is 58.4 Å². The molecule has 0 bridgehead atoms. The second kappa shape index (κ2) is 38.1. The van der Waals surface area contributed by atoms with Crippen molar-refractivity contribution in [2.24, 2.45) is 0 Å². The summed E-state index contributed by atoms with van der Waals surface area (Å²) in [4.78, 5) is 77.8. The molecule has 544 valence electrons. The van der Waals surface area contributed by atoms with E-state index in [9.17, 15) is 73.7 Å². The van der Waals surface area contributed by atoms with Crippen molar-refractivity contribution in [3.8, 4) is 28.4 Å². The van der Waals surface area contributed by atoms with Crippen molar-refractivity contribution in [2.45, 2.75) is 42.4 Å². The number of nitrogens with one attached hydrogen (secondary N) is 1. The minimum Gasteiger partial charge on any atom is -0.488 e. The van der Waals surface area contributed by atoms with Crippen LogP contribution in [0.3, 0.4) is 0 Å². The topological polar surface area (TPSA) is 413 Å². The Labute approximate surface area is 586 Å². The van der Waals surface area contributed by atoms with Gasteiger partial charge in [0.15, 0.2) is 9.84 Å². The fourth-order valence-electron chi connectivity index (χ4n) is 10.5. The number of carboxylic acid groups (broad SMARTS) is 3. The maximum Gasteiger partial charge on any atom is 0.317 e. The number of carboxylic acids is 3. The van der Waals surface area contributed by atoms with Crippen LogP contribution < -0.4 is 19.5 Å². The number of rotatable bonds is 36. The van der Waals surface area contributed by atoms with Gasteiger partial charge in [-0.25, -0.2) is 13.1 Å². The van der Waals surface area contributed by atoms with E-state index in [1.54, 1.807) is 30.5 Å². The minimum atomic E-state index is -5.30. The van der Waals surface area contributed by atoms with E-state index in [1.807, 2.05) is 47.4 Å². The Bertz CT molecular complexity index is 3850. The standard InChI is InChI=1S/C61H82BrClN12O21S3/c1-68(36-55(76)65-33-60(98(86,87)88)99(89,90)91)34-47-29-52(63)54(30-53(47)95-41-44-27-50(32-64-31-44)97(2,84)85)96-42-46-6-4-8-51(61(46)62)45-5-3-7-49(28-45)94-43-48-35-75(67-66-48)22-24-93-26-25-92-23-21-69-17-19-74(20-18-69)56(77)37-70-9-11-71(38-57(78)79)13-15-73(40-59(82)83)16-14-72(12-10-70)39-58(80)81/h3-8,27-32,35,60H,9-26,33-34,36-43H2,1-2H3,(H,65,76)(H,78,79)(H,80,81)(H,82,83)(H,86,87,88)(H,89,90,91). The van der Waals surface area contributed by atoms with Gasteiger partial charge in [-0.1, -0.05) is 47.1 Å². The summed E-state index contributed by atoms with van der Waals surface area (Å²) in [6, 6.07) is 17.6. The molecule has 33 nitrogen and oxygen atoms in total. The van der Waals surface area contributed by atoms with Crippen LogP contribution >= 0.6 is 27.5 Å². The third-order valence-corrected chi connectivity index (χ3v) is 21.2. The summed E-state index contributed by atoms with van der Waals surface area (Å²) < 4.78 is 119. The number of likely N-dealkylation sites (N-methyl/N-ethyl adjacent to an activating group) is 1. The van der Waals surface area contributed by atoms with Gasteiger partial charge in [-0.2, -0.15) is 16.8 Å². The van der Waals surface area contributed by atoms with Crippen LogP contribution in [-0.2, 0) is 96.4 Å². The molecule has 99 heavy (non-hydrogen) atoms. The summed E-state index contributed by atoms with van der Waals surface area (Å²) in [6.45, 7) is 5.26. The average molecular weight is 1530 g/mol. The number of aliphatic carboxylic acids is 3. The van der Waals surface area contributed by atoms with Crippen molar-refractivity contribution < 1.29 is 97.3 Å². The van der Waals surface area contributed by atoms with Crippen LogP contribution in [0.2, 0.25) is 5.02 Å². The fourth-order valence-corrected chi connectivity index (χ4v) is 13.8. The molecule has 0 aliphatic carbocycles. The fraction of sp³-hybridized carbons (Fsp3) is 0.508. The largest absolute Gasteiger partial charge is 0.488 e. The second-order valence-electron chi connectivity index (χ2n) is 23.5. The smallest absolute Gasteiger partial charge is 0.317 e. The normalized spacial score (nSPS) is 15.5. The first-order valence-electron chi connectivity index (χ1n) is 31.2.